The zero-order chi connectivity index (χ0) is 11.2. The maximum atomic E-state index is 13.9. The third-order valence-electron chi connectivity index (χ3n) is 3.43. The van der Waals surface area contributed by atoms with Gasteiger partial charge in [0.2, 0.25) is 0 Å². The number of hydrogen-bond donors (Lipinski definition) is 1. The molecular formula is C12H14FNO2. The molecule has 1 aliphatic heterocycles. The second-order valence-corrected chi connectivity index (χ2v) is 4.43. The fourth-order valence-electron chi connectivity index (χ4n) is 2.29. The van der Waals surface area contributed by atoms with Crippen LogP contribution in [0.15, 0.2) is 12.1 Å². The van der Waals surface area contributed by atoms with Crippen LogP contribution in [-0.2, 0) is 5.41 Å². The average molecular weight is 223 g/mol. The molecule has 2 N–H and O–H groups in total. The van der Waals surface area contributed by atoms with Crippen molar-refractivity contribution in [3.63, 3.8) is 0 Å². The number of hydrogen-bond acceptors (Lipinski definition) is 3. The average Bonchev–Trinajstić information content (AvgIpc) is 3.10. The standard InChI is InChI=1S/C12H14FNO2/c13-8-1-2-9-11(16-6-5-15-9)10(8)12(7-14)3-4-12/h1-2H,3-7,14H2. The molecule has 3 nitrogen and oxygen atoms in total. The number of nitrogens with two attached hydrogens (primary N) is 1. The Kier molecular flexibility index (Phi) is 2.07. The van der Waals surface area contributed by atoms with E-state index in [-0.39, 0.29) is 11.2 Å². The highest BCUT2D eigenvalue weighted by Crippen LogP contribution is 2.54. The van der Waals surface area contributed by atoms with Crippen molar-refractivity contribution in [2.24, 2.45) is 5.73 Å². The van der Waals surface area contributed by atoms with Gasteiger partial charge in [0.25, 0.3) is 0 Å². The summed E-state index contributed by atoms with van der Waals surface area (Å²) < 4.78 is 24.9. The molecule has 2 aliphatic rings. The monoisotopic (exact) mass is 223 g/mol. The molecule has 0 unspecified atom stereocenters. The van der Waals surface area contributed by atoms with Crippen LogP contribution in [0.2, 0.25) is 0 Å². The van der Waals surface area contributed by atoms with Crippen LogP contribution in [0, 0.1) is 5.82 Å². The molecule has 1 saturated carbocycles. The summed E-state index contributed by atoms with van der Waals surface area (Å²) in [5.74, 6) is 0.976. The first-order valence-corrected chi connectivity index (χ1v) is 5.55. The maximum Gasteiger partial charge on any atom is 0.168 e. The molecule has 0 amide bonds. The van der Waals surface area contributed by atoms with Gasteiger partial charge in [-0.3, -0.25) is 0 Å². The second kappa shape index (κ2) is 3.35. The van der Waals surface area contributed by atoms with Crippen molar-refractivity contribution in [3.05, 3.63) is 23.5 Å². The third kappa shape index (κ3) is 1.29. The van der Waals surface area contributed by atoms with Crippen molar-refractivity contribution in [1.29, 1.82) is 0 Å². The van der Waals surface area contributed by atoms with Gasteiger partial charge >= 0.3 is 0 Å². The molecule has 1 heterocycles. The number of rotatable bonds is 2. The van der Waals surface area contributed by atoms with E-state index in [2.05, 4.69) is 0 Å². The van der Waals surface area contributed by atoms with Gasteiger partial charge in [-0.15, -0.1) is 0 Å². The normalized spacial score (nSPS) is 20.6. The minimum atomic E-state index is -0.229. The van der Waals surface area contributed by atoms with Crippen LogP contribution >= 0.6 is 0 Å². The first kappa shape index (κ1) is 9.90. The Morgan fingerprint density at radius 2 is 2.00 bits per heavy atom. The molecule has 16 heavy (non-hydrogen) atoms. The molecule has 0 radical (unpaired) electrons. The van der Waals surface area contributed by atoms with Crippen molar-refractivity contribution in [2.45, 2.75) is 18.3 Å². The highest BCUT2D eigenvalue weighted by molar-refractivity contribution is 5.53. The fraction of sp³-hybridized carbons (Fsp3) is 0.500. The molecule has 0 spiro atoms. The minimum Gasteiger partial charge on any atom is -0.486 e. The van der Waals surface area contributed by atoms with E-state index in [1.165, 1.54) is 6.07 Å². The largest absolute Gasteiger partial charge is 0.486 e. The molecule has 0 bridgehead atoms. The van der Waals surface area contributed by atoms with Gasteiger partial charge in [0.05, 0.1) is 0 Å². The fourth-order valence-corrected chi connectivity index (χ4v) is 2.29. The van der Waals surface area contributed by atoms with Crippen molar-refractivity contribution in [3.8, 4) is 11.5 Å². The molecule has 86 valence electrons. The summed E-state index contributed by atoms with van der Waals surface area (Å²) in [6.45, 7) is 1.46. The molecule has 1 fully saturated rings. The van der Waals surface area contributed by atoms with E-state index in [4.69, 9.17) is 15.2 Å². The Labute approximate surface area is 93.3 Å². The van der Waals surface area contributed by atoms with E-state index in [1.807, 2.05) is 0 Å². The number of halogens is 1. The molecule has 1 aromatic carbocycles. The SMILES string of the molecule is NCC1(c2c(F)ccc3c2OCCO3)CC1. The summed E-state index contributed by atoms with van der Waals surface area (Å²) in [5.41, 5.74) is 6.15. The maximum absolute atomic E-state index is 13.9. The first-order valence-electron chi connectivity index (χ1n) is 5.55. The second-order valence-electron chi connectivity index (χ2n) is 4.43. The zero-order valence-electron chi connectivity index (χ0n) is 8.96. The van der Waals surface area contributed by atoms with Crippen LogP contribution in [0.5, 0.6) is 11.5 Å². The summed E-state index contributed by atoms with van der Waals surface area (Å²) in [5, 5.41) is 0. The highest BCUT2D eigenvalue weighted by atomic mass is 19.1. The van der Waals surface area contributed by atoms with Gasteiger partial charge in [0.1, 0.15) is 19.0 Å². The van der Waals surface area contributed by atoms with E-state index >= 15 is 0 Å². The number of ether oxygens (including phenoxy) is 2. The van der Waals surface area contributed by atoms with Crippen molar-refractivity contribution in [1.82, 2.24) is 0 Å². The molecule has 3 rings (SSSR count). The molecule has 0 aromatic heterocycles. The molecular weight excluding hydrogens is 209 g/mol. The van der Waals surface area contributed by atoms with Crippen molar-refractivity contribution < 1.29 is 13.9 Å². The molecule has 1 aliphatic carbocycles. The van der Waals surface area contributed by atoms with E-state index in [0.717, 1.165) is 12.8 Å². The molecule has 4 heteroatoms. The van der Waals surface area contributed by atoms with Gasteiger partial charge < -0.3 is 15.2 Å². The van der Waals surface area contributed by atoms with Crippen LogP contribution in [0.3, 0.4) is 0 Å². The van der Waals surface area contributed by atoms with Crippen LogP contribution < -0.4 is 15.2 Å². The lowest BCUT2D eigenvalue weighted by Crippen LogP contribution is -2.25. The quantitative estimate of drug-likeness (QED) is 0.828. The molecule has 0 saturated heterocycles. The van der Waals surface area contributed by atoms with Crippen LogP contribution in [0.1, 0.15) is 18.4 Å². The number of fused-ring (bicyclic) bond motifs is 1. The van der Waals surface area contributed by atoms with E-state index in [9.17, 15) is 4.39 Å². The summed E-state index contributed by atoms with van der Waals surface area (Å²) >= 11 is 0. The topological polar surface area (TPSA) is 44.5 Å². The van der Waals surface area contributed by atoms with E-state index in [0.29, 0.717) is 36.8 Å². The first-order chi connectivity index (χ1) is 7.77. The predicted molar refractivity (Wildman–Crippen MR) is 57.4 cm³/mol. The summed E-state index contributed by atoms with van der Waals surface area (Å²) in [7, 11) is 0. The number of benzene rings is 1. The van der Waals surface area contributed by atoms with Gasteiger partial charge in [-0.1, -0.05) is 0 Å². The van der Waals surface area contributed by atoms with Crippen LogP contribution in [-0.4, -0.2) is 19.8 Å². The van der Waals surface area contributed by atoms with Crippen LogP contribution in [0.4, 0.5) is 4.39 Å². The Morgan fingerprint density at radius 1 is 1.25 bits per heavy atom. The van der Waals surface area contributed by atoms with Gasteiger partial charge in [-0.25, -0.2) is 4.39 Å². The zero-order valence-corrected chi connectivity index (χ0v) is 8.96. The van der Waals surface area contributed by atoms with Crippen LogP contribution in [0.25, 0.3) is 0 Å². The summed E-state index contributed by atoms with van der Waals surface area (Å²) in [4.78, 5) is 0. The summed E-state index contributed by atoms with van der Waals surface area (Å²) in [6.07, 6.45) is 1.86. The van der Waals surface area contributed by atoms with Gasteiger partial charge in [-0.2, -0.15) is 0 Å². The Hall–Kier alpha value is -1.29. The highest BCUT2D eigenvalue weighted by Gasteiger charge is 2.47. The Morgan fingerprint density at radius 3 is 2.69 bits per heavy atom. The lowest BCUT2D eigenvalue weighted by Gasteiger charge is -2.24. The van der Waals surface area contributed by atoms with Gasteiger partial charge in [0.15, 0.2) is 11.5 Å². The minimum absolute atomic E-state index is 0.212. The Balaban J connectivity index is 2.15. The van der Waals surface area contributed by atoms with Crippen molar-refractivity contribution in [2.75, 3.05) is 19.8 Å². The third-order valence-corrected chi connectivity index (χ3v) is 3.43. The predicted octanol–water partition coefficient (Wildman–Crippen LogP) is 1.59. The lowest BCUT2D eigenvalue weighted by atomic mass is 9.94. The smallest absolute Gasteiger partial charge is 0.168 e. The van der Waals surface area contributed by atoms with Crippen molar-refractivity contribution >= 4 is 0 Å². The van der Waals surface area contributed by atoms with E-state index in [1.54, 1.807) is 6.07 Å². The lowest BCUT2D eigenvalue weighted by molar-refractivity contribution is 0.167. The summed E-state index contributed by atoms with van der Waals surface area (Å²) in [6, 6.07) is 3.07. The van der Waals surface area contributed by atoms with Gasteiger partial charge in [0, 0.05) is 17.5 Å². The van der Waals surface area contributed by atoms with Gasteiger partial charge in [-0.05, 0) is 25.0 Å². The molecule has 0 atom stereocenters. The molecule has 1 aromatic rings. The Bertz CT molecular complexity index is 429. The van der Waals surface area contributed by atoms with E-state index < -0.39 is 0 Å².